The lowest BCUT2D eigenvalue weighted by Gasteiger charge is -2.35. The summed E-state index contributed by atoms with van der Waals surface area (Å²) >= 11 is 0. The summed E-state index contributed by atoms with van der Waals surface area (Å²) in [6, 6.07) is 1.64. The minimum Gasteiger partial charge on any atom is -0.330 e. The third-order valence-electron chi connectivity index (χ3n) is 5.18. The molecule has 2 aliphatic rings. The third kappa shape index (κ3) is 2.83. The van der Waals surface area contributed by atoms with Gasteiger partial charge in [0, 0.05) is 25.2 Å². The van der Waals surface area contributed by atoms with E-state index in [4.69, 9.17) is 5.73 Å². The van der Waals surface area contributed by atoms with Crippen LogP contribution in [0.25, 0.3) is 0 Å². The van der Waals surface area contributed by atoms with Gasteiger partial charge in [0.1, 0.15) is 0 Å². The molecule has 3 atom stereocenters. The van der Waals surface area contributed by atoms with Gasteiger partial charge in [-0.1, -0.05) is 13.8 Å². The summed E-state index contributed by atoms with van der Waals surface area (Å²) in [4.78, 5) is 5.28. The standard InChI is InChI=1S/C14H29N3/c1-4-14(2,10-15)11-17-8-7-12-5-6-13(9-17)16(12)3/h12-13H,4-11,15H2,1-3H3. The molecule has 2 aliphatic heterocycles. The number of likely N-dealkylation sites (tertiary alicyclic amines) is 1. The van der Waals surface area contributed by atoms with Crippen molar-refractivity contribution in [3.8, 4) is 0 Å². The van der Waals surface area contributed by atoms with Gasteiger partial charge in [0.25, 0.3) is 0 Å². The van der Waals surface area contributed by atoms with Gasteiger partial charge in [0.05, 0.1) is 0 Å². The predicted octanol–water partition coefficient (Wildman–Crippen LogP) is 1.53. The molecule has 2 heterocycles. The lowest BCUT2D eigenvalue weighted by molar-refractivity contribution is 0.149. The van der Waals surface area contributed by atoms with Crippen molar-refractivity contribution in [2.24, 2.45) is 11.1 Å². The van der Waals surface area contributed by atoms with Crippen molar-refractivity contribution in [1.82, 2.24) is 9.80 Å². The van der Waals surface area contributed by atoms with Gasteiger partial charge in [0.2, 0.25) is 0 Å². The number of hydrogen-bond donors (Lipinski definition) is 1. The molecule has 3 unspecified atom stereocenters. The van der Waals surface area contributed by atoms with Crippen LogP contribution in [0.4, 0.5) is 0 Å². The molecule has 2 N–H and O–H groups in total. The van der Waals surface area contributed by atoms with Crippen LogP contribution in [0.5, 0.6) is 0 Å². The summed E-state index contributed by atoms with van der Waals surface area (Å²) in [5.41, 5.74) is 6.25. The maximum atomic E-state index is 5.94. The molecule has 2 saturated heterocycles. The maximum absolute atomic E-state index is 5.94. The van der Waals surface area contributed by atoms with Crippen LogP contribution >= 0.6 is 0 Å². The van der Waals surface area contributed by atoms with Gasteiger partial charge in [-0.2, -0.15) is 0 Å². The molecule has 17 heavy (non-hydrogen) atoms. The molecule has 0 aliphatic carbocycles. The fourth-order valence-corrected chi connectivity index (χ4v) is 3.38. The Kier molecular flexibility index (Phi) is 4.11. The van der Waals surface area contributed by atoms with Crippen LogP contribution in [0.15, 0.2) is 0 Å². The smallest absolute Gasteiger partial charge is 0.0223 e. The highest BCUT2D eigenvalue weighted by molar-refractivity contribution is 4.92. The lowest BCUT2D eigenvalue weighted by atomic mass is 9.86. The Bertz CT molecular complexity index is 250. The average Bonchev–Trinajstić information content (AvgIpc) is 2.57. The van der Waals surface area contributed by atoms with Gasteiger partial charge in [-0.3, -0.25) is 4.90 Å². The van der Waals surface area contributed by atoms with Crippen LogP contribution in [-0.4, -0.2) is 55.1 Å². The van der Waals surface area contributed by atoms with E-state index in [0.29, 0.717) is 5.41 Å². The normalized spacial score (nSPS) is 34.6. The molecule has 0 radical (unpaired) electrons. The topological polar surface area (TPSA) is 32.5 Å². The molecule has 0 aromatic heterocycles. The van der Waals surface area contributed by atoms with E-state index in [0.717, 1.165) is 18.6 Å². The largest absolute Gasteiger partial charge is 0.330 e. The molecule has 2 rings (SSSR count). The fraction of sp³-hybridized carbons (Fsp3) is 1.00. The molecule has 0 spiro atoms. The summed E-state index contributed by atoms with van der Waals surface area (Å²) in [5, 5.41) is 0. The fourth-order valence-electron chi connectivity index (χ4n) is 3.38. The van der Waals surface area contributed by atoms with E-state index >= 15 is 0 Å². The first-order chi connectivity index (χ1) is 8.08. The number of nitrogens with zero attached hydrogens (tertiary/aromatic N) is 2. The van der Waals surface area contributed by atoms with Crippen molar-refractivity contribution in [3.63, 3.8) is 0 Å². The van der Waals surface area contributed by atoms with E-state index in [-0.39, 0.29) is 0 Å². The zero-order chi connectivity index (χ0) is 12.5. The van der Waals surface area contributed by atoms with Crippen molar-refractivity contribution in [1.29, 1.82) is 0 Å². The van der Waals surface area contributed by atoms with E-state index < -0.39 is 0 Å². The van der Waals surface area contributed by atoms with E-state index in [1.54, 1.807) is 0 Å². The number of nitrogens with two attached hydrogens (primary N) is 1. The molecule has 3 heteroatoms. The Labute approximate surface area is 106 Å². The molecule has 3 nitrogen and oxygen atoms in total. The summed E-state index contributed by atoms with van der Waals surface area (Å²) in [7, 11) is 2.31. The molecule has 0 aromatic carbocycles. The Balaban J connectivity index is 1.95. The first kappa shape index (κ1) is 13.3. The predicted molar refractivity (Wildman–Crippen MR) is 73.1 cm³/mol. The van der Waals surface area contributed by atoms with E-state index in [1.807, 2.05) is 0 Å². The summed E-state index contributed by atoms with van der Waals surface area (Å²) in [5.74, 6) is 0. The van der Waals surface area contributed by atoms with E-state index in [2.05, 4.69) is 30.7 Å². The molecule has 0 saturated carbocycles. The molecule has 100 valence electrons. The molecule has 2 fully saturated rings. The van der Waals surface area contributed by atoms with Crippen molar-refractivity contribution in [2.75, 3.05) is 33.2 Å². The first-order valence-corrected chi connectivity index (χ1v) is 7.22. The van der Waals surface area contributed by atoms with Gasteiger partial charge in [0.15, 0.2) is 0 Å². The van der Waals surface area contributed by atoms with Gasteiger partial charge < -0.3 is 10.6 Å². The van der Waals surface area contributed by atoms with Gasteiger partial charge in [-0.25, -0.2) is 0 Å². The van der Waals surface area contributed by atoms with Crippen LogP contribution in [0, 0.1) is 5.41 Å². The van der Waals surface area contributed by atoms with Crippen LogP contribution in [-0.2, 0) is 0 Å². The Hall–Kier alpha value is -0.120. The lowest BCUT2D eigenvalue weighted by Crippen LogP contribution is -2.44. The molecule has 0 aromatic rings. The highest BCUT2D eigenvalue weighted by Crippen LogP contribution is 2.30. The van der Waals surface area contributed by atoms with Crippen molar-refractivity contribution >= 4 is 0 Å². The number of hydrogen-bond acceptors (Lipinski definition) is 3. The second kappa shape index (κ2) is 5.25. The van der Waals surface area contributed by atoms with Crippen molar-refractivity contribution in [2.45, 2.75) is 51.6 Å². The average molecular weight is 239 g/mol. The van der Waals surface area contributed by atoms with Crippen molar-refractivity contribution in [3.05, 3.63) is 0 Å². The van der Waals surface area contributed by atoms with Gasteiger partial charge in [-0.05, 0) is 51.2 Å². The number of rotatable bonds is 4. The second-order valence-corrected chi connectivity index (χ2v) is 6.44. The Morgan fingerprint density at radius 2 is 1.94 bits per heavy atom. The Morgan fingerprint density at radius 1 is 1.24 bits per heavy atom. The molecule has 0 amide bonds. The van der Waals surface area contributed by atoms with E-state index in [9.17, 15) is 0 Å². The zero-order valence-corrected chi connectivity index (χ0v) is 11.8. The third-order valence-corrected chi connectivity index (χ3v) is 5.18. The highest BCUT2D eigenvalue weighted by atomic mass is 15.3. The monoisotopic (exact) mass is 239 g/mol. The summed E-state index contributed by atoms with van der Waals surface area (Å²) < 4.78 is 0. The molecule has 2 bridgehead atoms. The second-order valence-electron chi connectivity index (χ2n) is 6.44. The SMILES string of the molecule is CCC(C)(CN)CN1CCC2CCC(C1)N2C. The minimum atomic E-state index is 0.308. The van der Waals surface area contributed by atoms with Crippen LogP contribution in [0.1, 0.15) is 39.5 Å². The molecular weight excluding hydrogens is 210 g/mol. The minimum absolute atomic E-state index is 0.308. The quantitative estimate of drug-likeness (QED) is 0.807. The van der Waals surface area contributed by atoms with Crippen LogP contribution < -0.4 is 5.73 Å². The summed E-state index contributed by atoms with van der Waals surface area (Å²) in [6.07, 6.45) is 5.33. The van der Waals surface area contributed by atoms with Gasteiger partial charge >= 0.3 is 0 Å². The maximum Gasteiger partial charge on any atom is 0.0223 e. The Morgan fingerprint density at radius 3 is 2.59 bits per heavy atom. The van der Waals surface area contributed by atoms with Crippen LogP contribution in [0.3, 0.4) is 0 Å². The molecular formula is C14H29N3. The highest BCUT2D eigenvalue weighted by Gasteiger charge is 2.36. The summed E-state index contributed by atoms with van der Waals surface area (Å²) in [6.45, 7) is 9.10. The first-order valence-electron chi connectivity index (χ1n) is 7.22. The van der Waals surface area contributed by atoms with Crippen molar-refractivity contribution < 1.29 is 0 Å². The zero-order valence-electron chi connectivity index (χ0n) is 11.8. The number of likely N-dealkylation sites (N-methyl/N-ethyl adjacent to an activating group) is 1. The van der Waals surface area contributed by atoms with Gasteiger partial charge in [-0.15, -0.1) is 0 Å². The number of fused-ring (bicyclic) bond motifs is 2. The van der Waals surface area contributed by atoms with Crippen LogP contribution in [0.2, 0.25) is 0 Å². The van der Waals surface area contributed by atoms with E-state index in [1.165, 1.54) is 45.3 Å².